The summed E-state index contributed by atoms with van der Waals surface area (Å²) in [6, 6.07) is 3.00. The summed E-state index contributed by atoms with van der Waals surface area (Å²) in [7, 11) is 4.12. The Hall–Kier alpha value is -0.910. The molecule has 0 saturated heterocycles. The summed E-state index contributed by atoms with van der Waals surface area (Å²) in [5, 5.41) is 4.73. The Kier molecular flexibility index (Phi) is 5.36. The topological polar surface area (TPSA) is 59.1 Å². The molecule has 1 atom stereocenters. The first kappa shape index (κ1) is 14.5. The first-order chi connectivity index (χ1) is 9.19. The summed E-state index contributed by atoms with van der Waals surface area (Å²) >= 11 is 0. The minimum absolute atomic E-state index is 0.254. The van der Waals surface area contributed by atoms with Crippen LogP contribution in [-0.2, 0) is 6.42 Å². The molecule has 1 aromatic heterocycles. The molecule has 1 aliphatic carbocycles. The molecular weight excluding hydrogens is 238 g/mol. The van der Waals surface area contributed by atoms with Crippen LogP contribution in [0.3, 0.4) is 0 Å². The summed E-state index contributed by atoms with van der Waals surface area (Å²) in [6.45, 7) is 0.923. The predicted octanol–water partition coefficient (Wildman–Crippen LogP) is 1.32. The lowest BCUT2D eigenvalue weighted by Crippen LogP contribution is -2.43. The molecule has 0 radical (unpaired) electrons. The molecule has 0 amide bonds. The van der Waals surface area contributed by atoms with Crippen molar-refractivity contribution < 1.29 is 0 Å². The lowest BCUT2D eigenvalue weighted by Gasteiger charge is -2.22. The van der Waals surface area contributed by atoms with Crippen molar-refractivity contribution in [2.24, 2.45) is 5.84 Å². The van der Waals surface area contributed by atoms with E-state index >= 15 is 0 Å². The van der Waals surface area contributed by atoms with Gasteiger partial charge in [-0.15, -0.1) is 0 Å². The molecule has 0 spiro atoms. The smallest absolute Gasteiger partial charge is 0.0641 e. The third kappa shape index (κ3) is 4.30. The number of rotatable bonds is 6. The average molecular weight is 265 g/mol. The molecule has 19 heavy (non-hydrogen) atoms. The summed E-state index contributed by atoms with van der Waals surface area (Å²) in [5.74, 6) is 5.61. The lowest BCUT2D eigenvalue weighted by molar-refractivity contribution is 0.322. The van der Waals surface area contributed by atoms with Gasteiger partial charge in [0.1, 0.15) is 0 Å². The van der Waals surface area contributed by atoms with Gasteiger partial charge in [0.05, 0.1) is 11.7 Å². The molecule has 1 aromatic rings. The fourth-order valence-corrected chi connectivity index (χ4v) is 2.90. The van der Waals surface area contributed by atoms with Crippen LogP contribution in [0.4, 0.5) is 0 Å². The molecule has 1 heterocycles. The van der Waals surface area contributed by atoms with Crippen LogP contribution in [0.1, 0.15) is 43.8 Å². The Morgan fingerprint density at radius 3 is 2.79 bits per heavy atom. The van der Waals surface area contributed by atoms with Gasteiger partial charge in [0, 0.05) is 25.2 Å². The quantitative estimate of drug-likeness (QED) is 0.602. The van der Waals surface area contributed by atoms with Crippen molar-refractivity contribution in [1.29, 1.82) is 0 Å². The number of likely N-dealkylation sites (N-methyl/N-ethyl adjacent to an activating group) is 1. The normalized spacial score (nSPS) is 18.9. The molecule has 1 fully saturated rings. The van der Waals surface area contributed by atoms with Crippen LogP contribution in [0.2, 0.25) is 0 Å². The summed E-state index contributed by atoms with van der Waals surface area (Å²) in [4.78, 5) is 2.14. The zero-order chi connectivity index (χ0) is 13.7. The fraction of sp³-hybridized carbons (Fsp3) is 0.786. The van der Waals surface area contributed by atoms with Gasteiger partial charge in [-0.25, -0.2) is 0 Å². The molecular formula is C14H27N5. The minimum Gasteiger partial charge on any atom is -0.308 e. The van der Waals surface area contributed by atoms with Crippen LogP contribution < -0.4 is 11.3 Å². The first-order valence-electron chi connectivity index (χ1n) is 7.34. The molecule has 1 unspecified atom stereocenters. The van der Waals surface area contributed by atoms with Gasteiger partial charge in [0.25, 0.3) is 0 Å². The van der Waals surface area contributed by atoms with Gasteiger partial charge in [-0.2, -0.15) is 5.10 Å². The third-order valence-corrected chi connectivity index (χ3v) is 3.89. The van der Waals surface area contributed by atoms with Crippen molar-refractivity contribution in [1.82, 2.24) is 20.1 Å². The van der Waals surface area contributed by atoms with Gasteiger partial charge in [-0.3, -0.25) is 16.0 Å². The molecule has 0 aliphatic heterocycles. The molecule has 1 saturated carbocycles. The Morgan fingerprint density at radius 2 is 2.16 bits per heavy atom. The Morgan fingerprint density at radius 1 is 1.42 bits per heavy atom. The highest BCUT2D eigenvalue weighted by molar-refractivity contribution is 5.02. The van der Waals surface area contributed by atoms with Crippen molar-refractivity contribution in [3.05, 3.63) is 18.0 Å². The van der Waals surface area contributed by atoms with Crippen LogP contribution in [0, 0.1) is 0 Å². The van der Waals surface area contributed by atoms with E-state index < -0.39 is 0 Å². The van der Waals surface area contributed by atoms with E-state index in [0.717, 1.165) is 18.7 Å². The fourth-order valence-electron chi connectivity index (χ4n) is 2.90. The highest BCUT2D eigenvalue weighted by Gasteiger charge is 2.17. The zero-order valence-electron chi connectivity index (χ0n) is 12.2. The number of hydrogen-bond donors (Lipinski definition) is 2. The largest absolute Gasteiger partial charge is 0.308 e. The molecule has 0 bridgehead atoms. The SMILES string of the molecule is CN(C)CC(Cc1ccn(C2CCCCC2)n1)NN. The summed E-state index contributed by atoms with van der Waals surface area (Å²) in [6.07, 6.45) is 9.63. The number of nitrogens with zero attached hydrogens (tertiary/aromatic N) is 3. The van der Waals surface area contributed by atoms with Crippen LogP contribution in [0.15, 0.2) is 12.3 Å². The lowest BCUT2D eigenvalue weighted by atomic mass is 9.96. The molecule has 5 heteroatoms. The monoisotopic (exact) mass is 265 g/mol. The van der Waals surface area contributed by atoms with Crippen LogP contribution in [0.25, 0.3) is 0 Å². The number of nitrogens with one attached hydrogen (secondary N) is 1. The van der Waals surface area contributed by atoms with Gasteiger partial charge in [0.2, 0.25) is 0 Å². The number of hydrazine groups is 1. The van der Waals surface area contributed by atoms with Crippen molar-refractivity contribution in [3.63, 3.8) is 0 Å². The van der Waals surface area contributed by atoms with Crippen LogP contribution in [0.5, 0.6) is 0 Å². The van der Waals surface area contributed by atoms with E-state index in [4.69, 9.17) is 10.9 Å². The van der Waals surface area contributed by atoms with Crippen molar-refractivity contribution >= 4 is 0 Å². The molecule has 5 nitrogen and oxygen atoms in total. The van der Waals surface area contributed by atoms with Gasteiger partial charge in [-0.05, 0) is 33.0 Å². The van der Waals surface area contributed by atoms with E-state index in [2.05, 4.69) is 41.4 Å². The standard InChI is InChI=1S/C14H27N5/c1-18(2)11-13(16-15)10-12-8-9-19(17-12)14-6-4-3-5-7-14/h8-9,13-14,16H,3-7,10-11,15H2,1-2H3. The summed E-state index contributed by atoms with van der Waals surface area (Å²) < 4.78 is 2.16. The Bertz CT molecular complexity index is 368. The Balaban J connectivity index is 1.92. The predicted molar refractivity (Wildman–Crippen MR) is 77.7 cm³/mol. The summed E-state index contributed by atoms with van der Waals surface area (Å²) in [5.41, 5.74) is 4.01. The van der Waals surface area contributed by atoms with Gasteiger partial charge in [0.15, 0.2) is 0 Å². The minimum atomic E-state index is 0.254. The van der Waals surface area contributed by atoms with E-state index in [9.17, 15) is 0 Å². The van der Waals surface area contributed by atoms with Gasteiger partial charge < -0.3 is 4.90 Å². The maximum atomic E-state index is 5.61. The van der Waals surface area contributed by atoms with Crippen molar-refractivity contribution in [3.8, 4) is 0 Å². The highest BCUT2D eigenvalue weighted by atomic mass is 15.3. The highest BCUT2D eigenvalue weighted by Crippen LogP contribution is 2.27. The van der Waals surface area contributed by atoms with Crippen molar-refractivity contribution in [2.75, 3.05) is 20.6 Å². The molecule has 3 N–H and O–H groups in total. The van der Waals surface area contributed by atoms with Gasteiger partial charge >= 0.3 is 0 Å². The Labute approximate surface area is 116 Å². The maximum Gasteiger partial charge on any atom is 0.0641 e. The molecule has 2 rings (SSSR count). The first-order valence-corrected chi connectivity index (χ1v) is 7.34. The van der Waals surface area contributed by atoms with E-state index in [1.54, 1.807) is 0 Å². The second-order valence-corrected chi connectivity index (χ2v) is 5.91. The van der Waals surface area contributed by atoms with E-state index in [1.807, 2.05) is 0 Å². The number of nitrogens with two attached hydrogens (primary N) is 1. The molecule has 108 valence electrons. The van der Waals surface area contributed by atoms with E-state index in [1.165, 1.54) is 32.1 Å². The number of aromatic nitrogens is 2. The van der Waals surface area contributed by atoms with Crippen LogP contribution in [-0.4, -0.2) is 41.4 Å². The van der Waals surface area contributed by atoms with E-state index in [-0.39, 0.29) is 6.04 Å². The van der Waals surface area contributed by atoms with Crippen molar-refractivity contribution in [2.45, 2.75) is 50.6 Å². The second kappa shape index (κ2) is 7.03. The zero-order valence-corrected chi connectivity index (χ0v) is 12.2. The second-order valence-electron chi connectivity index (χ2n) is 5.91. The average Bonchev–Trinajstić information content (AvgIpc) is 2.87. The molecule has 1 aliphatic rings. The molecule has 0 aromatic carbocycles. The van der Waals surface area contributed by atoms with Crippen LogP contribution >= 0.6 is 0 Å². The number of hydrogen-bond acceptors (Lipinski definition) is 4. The third-order valence-electron chi connectivity index (χ3n) is 3.89. The van der Waals surface area contributed by atoms with E-state index in [0.29, 0.717) is 6.04 Å². The maximum absolute atomic E-state index is 5.61. The van der Waals surface area contributed by atoms with Gasteiger partial charge in [-0.1, -0.05) is 19.3 Å².